The SMILES string of the molecule is Cn1cc(I)c(C(=O)NN=Cc2cccc([N+](=O)[O-])c2)n1. The highest BCUT2D eigenvalue weighted by atomic mass is 127. The van der Waals surface area contributed by atoms with Crippen molar-refractivity contribution < 1.29 is 9.72 Å². The molecule has 1 aromatic heterocycles. The zero-order valence-corrected chi connectivity index (χ0v) is 13.0. The van der Waals surface area contributed by atoms with Gasteiger partial charge in [-0.2, -0.15) is 10.2 Å². The predicted octanol–water partition coefficient (Wildman–Crippen LogP) is 1.70. The Kier molecular flexibility index (Phi) is 4.62. The molecule has 0 unspecified atom stereocenters. The monoisotopic (exact) mass is 399 g/mol. The highest BCUT2D eigenvalue weighted by Gasteiger charge is 2.13. The van der Waals surface area contributed by atoms with Gasteiger partial charge in [-0.05, 0) is 22.6 Å². The molecule has 1 aromatic carbocycles. The summed E-state index contributed by atoms with van der Waals surface area (Å²) in [6.07, 6.45) is 3.04. The van der Waals surface area contributed by atoms with Crippen LogP contribution in [0.15, 0.2) is 35.6 Å². The minimum Gasteiger partial charge on any atom is -0.274 e. The standard InChI is InChI=1S/C12H10IN5O3/c1-17-7-10(13)11(16-17)12(19)15-14-6-8-3-2-4-9(5-8)18(20)21/h2-7H,1H3,(H,15,19). The van der Waals surface area contributed by atoms with Gasteiger partial charge in [-0.1, -0.05) is 12.1 Å². The van der Waals surface area contributed by atoms with Gasteiger partial charge in [0.25, 0.3) is 11.6 Å². The molecule has 0 aliphatic heterocycles. The summed E-state index contributed by atoms with van der Waals surface area (Å²) in [5.74, 6) is -0.443. The van der Waals surface area contributed by atoms with Crippen LogP contribution in [-0.4, -0.2) is 26.8 Å². The number of hydrogen-bond donors (Lipinski definition) is 1. The molecule has 8 nitrogen and oxygen atoms in total. The van der Waals surface area contributed by atoms with Crippen molar-refractivity contribution in [3.8, 4) is 0 Å². The van der Waals surface area contributed by atoms with E-state index in [1.807, 2.05) is 22.6 Å². The number of aryl methyl sites for hydroxylation is 1. The molecule has 0 aliphatic rings. The topological polar surface area (TPSA) is 102 Å². The number of carbonyl (C=O) groups excluding carboxylic acids is 1. The van der Waals surface area contributed by atoms with E-state index < -0.39 is 10.8 Å². The van der Waals surface area contributed by atoms with E-state index in [1.165, 1.54) is 23.0 Å². The maximum absolute atomic E-state index is 11.8. The number of hydrazone groups is 1. The molecular formula is C12H10IN5O3. The van der Waals surface area contributed by atoms with Gasteiger partial charge in [0.05, 0.1) is 14.7 Å². The summed E-state index contributed by atoms with van der Waals surface area (Å²) < 4.78 is 2.24. The van der Waals surface area contributed by atoms with Gasteiger partial charge in [-0.15, -0.1) is 0 Å². The van der Waals surface area contributed by atoms with Crippen molar-refractivity contribution in [3.05, 3.63) is 55.4 Å². The number of nitrogens with one attached hydrogen (secondary N) is 1. The van der Waals surface area contributed by atoms with Crippen molar-refractivity contribution >= 4 is 40.4 Å². The van der Waals surface area contributed by atoms with Crippen molar-refractivity contribution in [2.24, 2.45) is 12.1 Å². The van der Waals surface area contributed by atoms with E-state index in [1.54, 1.807) is 25.4 Å². The molecule has 0 spiro atoms. The van der Waals surface area contributed by atoms with Crippen molar-refractivity contribution in [1.82, 2.24) is 15.2 Å². The number of nitro benzene ring substituents is 1. The fraction of sp³-hybridized carbons (Fsp3) is 0.0833. The number of hydrogen-bond acceptors (Lipinski definition) is 5. The fourth-order valence-electron chi connectivity index (χ4n) is 1.55. The van der Waals surface area contributed by atoms with Gasteiger partial charge in [0.2, 0.25) is 0 Å². The Morgan fingerprint density at radius 3 is 2.95 bits per heavy atom. The summed E-state index contributed by atoms with van der Waals surface area (Å²) in [7, 11) is 1.71. The van der Waals surface area contributed by atoms with E-state index in [2.05, 4.69) is 15.6 Å². The van der Waals surface area contributed by atoms with Crippen LogP contribution in [0.3, 0.4) is 0 Å². The number of rotatable bonds is 4. The molecule has 0 fully saturated rings. The minimum atomic E-state index is -0.494. The first-order chi connectivity index (χ1) is 9.97. The number of aromatic nitrogens is 2. The molecule has 0 bridgehead atoms. The van der Waals surface area contributed by atoms with Crippen LogP contribution in [0, 0.1) is 13.7 Å². The average molecular weight is 399 g/mol. The predicted molar refractivity (Wildman–Crippen MR) is 84.1 cm³/mol. The van der Waals surface area contributed by atoms with E-state index in [0.717, 1.165) is 0 Å². The number of halogens is 1. The van der Waals surface area contributed by atoms with Crippen LogP contribution in [0.2, 0.25) is 0 Å². The molecule has 0 atom stereocenters. The number of nitrogens with zero attached hydrogens (tertiary/aromatic N) is 4. The van der Waals surface area contributed by atoms with Crippen molar-refractivity contribution in [1.29, 1.82) is 0 Å². The zero-order chi connectivity index (χ0) is 15.4. The van der Waals surface area contributed by atoms with E-state index in [4.69, 9.17) is 0 Å². The summed E-state index contributed by atoms with van der Waals surface area (Å²) >= 11 is 2.00. The molecule has 0 saturated carbocycles. The number of non-ortho nitro benzene ring substituents is 1. The number of amides is 1. The van der Waals surface area contributed by atoms with E-state index >= 15 is 0 Å². The average Bonchev–Trinajstić information content (AvgIpc) is 2.78. The molecule has 0 saturated heterocycles. The van der Waals surface area contributed by atoms with Crippen LogP contribution < -0.4 is 5.43 Å². The summed E-state index contributed by atoms with van der Waals surface area (Å²) in [5, 5.41) is 18.4. The minimum absolute atomic E-state index is 0.0375. The molecule has 0 radical (unpaired) electrons. The third kappa shape index (κ3) is 3.84. The molecule has 0 aliphatic carbocycles. The van der Waals surface area contributed by atoms with E-state index in [-0.39, 0.29) is 11.4 Å². The Bertz CT molecular complexity index is 725. The van der Waals surface area contributed by atoms with Crippen LogP contribution in [0.25, 0.3) is 0 Å². The molecule has 2 rings (SSSR count). The second kappa shape index (κ2) is 6.43. The van der Waals surface area contributed by atoms with Crippen LogP contribution in [0.5, 0.6) is 0 Å². The highest BCUT2D eigenvalue weighted by Crippen LogP contribution is 2.11. The summed E-state index contributed by atoms with van der Waals surface area (Å²) in [5.41, 5.74) is 3.08. The van der Waals surface area contributed by atoms with E-state index in [9.17, 15) is 14.9 Å². The smallest absolute Gasteiger partial charge is 0.274 e. The van der Waals surface area contributed by atoms with Crippen LogP contribution in [0.1, 0.15) is 16.1 Å². The maximum atomic E-state index is 11.8. The van der Waals surface area contributed by atoms with Gasteiger partial charge in [-0.25, -0.2) is 5.43 Å². The van der Waals surface area contributed by atoms with Gasteiger partial charge in [0.15, 0.2) is 5.69 Å². The number of nitro groups is 1. The van der Waals surface area contributed by atoms with Gasteiger partial charge in [0.1, 0.15) is 0 Å². The molecule has 108 valence electrons. The van der Waals surface area contributed by atoms with Gasteiger partial charge >= 0.3 is 0 Å². The zero-order valence-electron chi connectivity index (χ0n) is 10.9. The molecule has 21 heavy (non-hydrogen) atoms. The Morgan fingerprint density at radius 1 is 1.57 bits per heavy atom. The van der Waals surface area contributed by atoms with Crippen LogP contribution >= 0.6 is 22.6 Å². The first kappa shape index (κ1) is 15.1. The Hall–Kier alpha value is -2.30. The lowest BCUT2D eigenvalue weighted by Gasteiger charge is -1.97. The lowest BCUT2D eigenvalue weighted by Crippen LogP contribution is -2.19. The molecule has 1 N–H and O–H groups in total. The largest absolute Gasteiger partial charge is 0.292 e. The third-order valence-corrected chi connectivity index (χ3v) is 3.25. The van der Waals surface area contributed by atoms with Crippen LogP contribution in [0.4, 0.5) is 5.69 Å². The van der Waals surface area contributed by atoms with Crippen molar-refractivity contribution in [3.63, 3.8) is 0 Å². The number of benzene rings is 1. The quantitative estimate of drug-likeness (QED) is 0.366. The van der Waals surface area contributed by atoms with Crippen molar-refractivity contribution in [2.45, 2.75) is 0 Å². The lowest BCUT2D eigenvalue weighted by molar-refractivity contribution is -0.384. The molecule has 1 heterocycles. The molecule has 2 aromatic rings. The first-order valence-corrected chi connectivity index (χ1v) is 6.82. The molecule has 9 heteroatoms. The van der Waals surface area contributed by atoms with Crippen molar-refractivity contribution in [2.75, 3.05) is 0 Å². The highest BCUT2D eigenvalue weighted by molar-refractivity contribution is 14.1. The summed E-state index contributed by atoms with van der Waals surface area (Å²) in [6.45, 7) is 0. The molecular weight excluding hydrogens is 389 g/mol. The molecule has 1 amide bonds. The Morgan fingerprint density at radius 2 is 2.33 bits per heavy atom. The van der Waals surface area contributed by atoms with Gasteiger partial charge in [-0.3, -0.25) is 19.6 Å². The summed E-state index contributed by atoms with van der Waals surface area (Å²) in [6, 6.07) is 5.93. The normalized spacial score (nSPS) is 10.8. The Balaban J connectivity index is 2.05. The second-order valence-corrected chi connectivity index (χ2v) is 5.21. The van der Waals surface area contributed by atoms with Gasteiger partial charge in [0, 0.05) is 30.9 Å². The second-order valence-electron chi connectivity index (χ2n) is 4.05. The third-order valence-electron chi connectivity index (χ3n) is 2.46. The Labute approximate surface area is 133 Å². The van der Waals surface area contributed by atoms with E-state index in [0.29, 0.717) is 9.13 Å². The summed E-state index contributed by atoms with van der Waals surface area (Å²) in [4.78, 5) is 22.0. The lowest BCUT2D eigenvalue weighted by atomic mass is 10.2. The van der Waals surface area contributed by atoms with Crippen LogP contribution in [-0.2, 0) is 7.05 Å². The number of carbonyl (C=O) groups is 1. The van der Waals surface area contributed by atoms with Gasteiger partial charge < -0.3 is 0 Å². The maximum Gasteiger partial charge on any atom is 0.292 e. The fourth-order valence-corrected chi connectivity index (χ4v) is 2.31. The first-order valence-electron chi connectivity index (χ1n) is 5.74.